The number of benzene rings is 1. The normalized spacial score (nSPS) is 12.5. The van der Waals surface area contributed by atoms with Crippen molar-refractivity contribution >= 4 is 21.9 Å². The van der Waals surface area contributed by atoms with Crippen molar-refractivity contribution < 1.29 is 9.90 Å². The summed E-state index contributed by atoms with van der Waals surface area (Å²) in [6.45, 7) is 0. The molecule has 3 heteroatoms. The molecule has 1 aromatic rings. The summed E-state index contributed by atoms with van der Waals surface area (Å²) in [5.41, 5.74) is 0.701. The van der Waals surface area contributed by atoms with Gasteiger partial charge in [0.25, 0.3) is 0 Å². The lowest BCUT2D eigenvalue weighted by molar-refractivity contribution is -0.304. The van der Waals surface area contributed by atoms with Crippen LogP contribution in [-0.4, -0.2) is 5.97 Å². The van der Waals surface area contributed by atoms with Gasteiger partial charge in [-0.2, -0.15) is 0 Å². The van der Waals surface area contributed by atoms with Gasteiger partial charge in [-0.1, -0.05) is 46.3 Å². The van der Waals surface area contributed by atoms with Gasteiger partial charge in [0.1, 0.15) is 0 Å². The quantitative estimate of drug-likeness (QED) is 0.685. The first-order valence-electron chi connectivity index (χ1n) is 3.11. The third-order valence-electron chi connectivity index (χ3n) is 1.30. The van der Waals surface area contributed by atoms with Crippen molar-refractivity contribution in [3.05, 3.63) is 35.9 Å². The van der Waals surface area contributed by atoms with Crippen molar-refractivity contribution in [3.8, 4) is 0 Å². The first kappa shape index (κ1) is 8.27. The number of carbonyl (C=O) groups excluding carboxylic acids is 1. The van der Waals surface area contributed by atoms with Crippen LogP contribution in [0, 0.1) is 0 Å². The molecule has 0 aliphatic rings. The molecule has 0 N–H and O–H groups in total. The van der Waals surface area contributed by atoms with E-state index in [-0.39, 0.29) is 0 Å². The summed E-state index contributed by atoms with van der Waals surface area (Å²) in [5, 5.41) is 10.3. The molecule has 11 heavy (non-hydrogen) atoms. The summed E-state index contributed by atoms with van der Waals surface area (Å²) in [6.07, 6.45) is 0. The van der Waals surface area contributed by atoms with Crippen molar-refractivity contribution in [2.75, 3.05) is 0 Å². The fraction of sp³-hybridized carbons (Fsp3) is 0.125. The van der Waals surface area contributed by atoms with Gasteiger partial charge in [-0.25, -0.2) is 0 Å². The minimum absolute atomic E-state index is 0.701. The molecule has 0 bridgehead atoms. The maximum absolute atomic E-state index is 10.3. The first-order chi connectivity index (χ1) is 5.22. The maximum atomic E-state index is 10.3. The minimum atomic E-state index is -1.11. The number of hydrogen-bond acceptors (Lipinski definition) is 2. The Morgan fingerprint density at radius 1 is 1.36 bits per heavy atom. The van der Waals surface area contributed by atoms with Crippen LogP contribution in [0.2, 0.25) is 0 Å². The van der Waals surface area contributed by atoms with E-state index in [1.165, 1.54) is 0 Å². The van der Waals surface area contributed by atoms with Crippen LogP contribution in [0.5, 0.6) is 0 Å². The Balaban J connectivity index is 2.85. The molecule has 0 aromatic heterocycles. The van der Waals surface area contributed by atoms with E-state index >= 15 is 0 Å². The van der Waals surface area contributed by atoms with E-state index in [9.17, 15) is 9.90 Å². The summed E-state index contributed by atoms with van der Waals surface area (Å²) in [7, 11) is 0. The van der Waals surface area contributed by atoms with Crippen LogP contribution in [0.25, 0.3) is 0 Å². The second kappa shape index (κ2) is 3.53. The molecular weight excluding hydrogens is 208 g/mol. The van der Waals surface area contributed by atoms with E-state index in [4.69, 9.17) is 0 Å². The minimum Gasteiger partial charge on any atom is -0.549 e. The van der Waals surface area contributed by atoms with Crippen molar-refractivity contribution in [2.45, 2.75) is 4.83 Å². The number of carboxylic acid groups (broad SMARTS) is 1. The zero-order valence-corrected chi connectivity index (χ0v) is 7.24. The van der Waals surface area contributed by atoms with Crippen LogP contribution < -0.4 is 5.11 Å². The van der Waals surface area contributed by atoms with Gasteiger partial charge in [-0.15, -0.1) is 0 Å². The summed E-state index contributed by atoms with van der Waals surface area (Å²) >= 11 is 2.99. The average molecular weight is 214 g/mol. The zero-order chi connectivity index (χ0) is 8.27. The largest absolute Gasteiger partial charge is 0.549 e. The van der Waals surface area contributed by atoms with Crippen LogP contribution in [0.15, 0.2) is 30.3 Å². The van der Waals surface area contributed by atoms with Crippen LogP contribution in [0.1, 0.15) is 10.4 Å². The standard InChI is InChI=1S/C8H7BrO2/c9-7(8(10)11)6-4-2-1-3-5-6/h1-5,7H,(H,10,11)/p-1/t7-/m1/s1. The van der Waals surface area contributed by atoms with Gasteiger partial charge in [0.05, 0.1) is 10.8 Å². The van der Waals surface area contributed by atoms with E-state index in [1.54, 1.807) is 24.3 Å². The molecule has 0 saturated carbocycles. The highest BCUT2D eigenvalue weighted by atomic mass is 79.9. The molecule has 0 aliphatic heterocycles. The lowest BCUT2D eigenvalue weighted by atomic mass is 10.2. The fourth-order valence-electron chi connectivity index (χ4n) is 0.758. The lowest BCUT2D eigenvalue weighted by Crippen LogP contribution is -2.26. The van der Waals surface area contributed by atoms with Crippen LogP contribution in [0.3, 0.4) is 0 Å². The average Bonchev–Trinajstić information content (AvgIpc) is 2.05. The second-order valence-corrected chi connectivity index (χ2v) is 3.01. The van der Waals surface area contributed by atoms with E-state index < -0.39 is 10.8 Å². The van der Waals surface area contributed by atoms with E-state index in [2.05, 4.69) is 15.9 Å². The monoisotopic (exact) mass is 213 g/mol. The molecule has 0 unspecified atom stereocenters. The van der Waals surface area contributed by atoms with Gasteiger partial charge in [0, 0.05) is 0 Å². The zero-order valence-electron chi connectivity index (χ0n) is 5.66. The number of rotatable bonds is 2. The molecule has 0 amide bonds. The van der Waals surface area contributed by atoms with Crippen LogP contribution in [0.4, 0.5) is 0 Å². The number of aliphatic carboxylic acids is 1. The summed E-state index contributed by atoms with van der Waals surface area (Å²) in [4.78, 5) is 9.64. The highest BCUT2D eigenvalue weighted by Crippen LogP contribution is 2.20. The molecule has 1 aromatic carbocycles. The Morgan fingerprint density at radius 3 is 2.36 bits per heavy atom. The third kappa shape index (κ3) is 2.05. The highest BCUT2D eigenvalue weighted by Gasteiger charge is 2.05. The molecule has 58 valence electrons. The maximum Gasteiger partial charge on any atom is 0.0790 e. The molecule has 0 radical (unpaired) electrons. The van der Waals surface area contributed by atoms with Crippen molar-refractivity contribution in [1.29, 1.82) is 0 Å². The summed E-state index contributed by atoms with van der Waals surface area (Å²) in [6, 6.07) is 8.86. The number of hydrogen-bond donors (Lipinski definition) is 0. The Labute approximate surface area is 73.0 Å². The van der Waals surface area contributed by atoms with Crippen LogP contribution >= 0.6 is 15.9 Å². The van der Waals surface area contributed by atoms with Gasteiger partial charge in [0.15, 0.2) is 0 Å². The van der Waals surface area contributed by atoms with Gasteiger partial charge < -0.3 is 9.90 Å². The third-order valence-corrected chi connectivity index (χ3v) is 2.20. The molecule has 2 nitrogen and oxygen atoms in total. The molecular formula is C8H6BrO2-. The number of alkyl halides is 1. The van der Waals surface area contributed by atoms with E-state index in [0.717, 1.165) is 0 Å². The highest BCUT2D eigenvalue weighted by molar-refractivity contribution is 9.09. The number of halogens is 1. The topological polar surface area (TPSA) is 40.1 Å². The Kier molecular flexibility index (Phi) is 2.65. The van der Waals surface area contributed by atoms with Crippen LogP contribution in [-0.2, 0) is 4.79 Å². The first-order valence-corrected chi connectivity index (χ1v) is 4.03. The number of carbonyl (C=O) groups is 1. The Morgan fingerprint density at radius 2 is 1.91 bits per heavy atom. The molecule has 0 saturated heterocycles. The predicted molar refractivity (Wildman–Crippen MR) is 43.1 cm³/mol. The van der Waals surface area contributed by atoms with E-state index in [0.29, 0.717) is 5.56 Å². The van der Waals surface area contributed by atoms with Gasteiger partial charge in [0.2, 0.25) is 0 Å². The molecule has 1 atom stereocenters. The smallest absolute Gasteiger partial charge is 0.0790 e. The predicted octanol–water partition coefficient (Wildman–Crippen LogP) is 0.872. The summed E-state index contributed by atoms with van der Waals surface area (Å²) < 4.78 is 0. The van der Waals surface area contributed by atoms with Crippen molar-refractivity contribution in [2.24, 2.45) is 0 Å². The second-order valence-electron chi connectivity index (χ2n) is 2.09. The van der Waals surface area contributed by atoms with E-state index in [1.807, 2.05) is 6.07 Å². The summed E-state index contributed by atoms with van der Waals surface area (Å²) in [5.74, 6) is -1.11. The lowest BCUT2D eigenvalue weighted by Gasteiger charge is -2.09. The molecule has 1 rings (SSSR count). The van der Waals surface area contributed by atoms with Crippen molar-refractivity contribution in [1.82, 2.24) is 0 Å². The number of carboxylic acids is 1. The molecule has 0 heterocycles. The Bertz CT molecular complexity index is 246. The van der Waals surface area contributed by atoms with Gasteiger partial charge in [-0.05, 0) is 5.56 Å². The molecule has 0 fully saturated rings. The Hall–Kier alpha value is -0.830. The fourth-order valence-corrected chi connectivity index (χ4v) is 1.06. The SMILES string of the molecule is O=C([O-])[C@H](Br)c1ccccc1. The molecule has 0 aliphatic carbocycles. The van der Waals surface area contributed by atoms with Gasteiger partial charge >= 0.3 is 0 Å². The molecule has 0 spiro atoms. The van der Waals surface area contributed by atoms with Crippen molar-refractivity contribution in [3.63, 3.8) is 0 Å². The van der Waals surface area contributed by atoms with Gasteiger partial charge in [-0.3, -0.25) is 0 Å².